The van der Waals surface area contributed by atoms with Crippen molar-refractivity contribution in [3.05, 3.63) is 29.8 Å². The lowest BCUT2D eigenvalue weighted by Gasteiger charge is -2.04. The standard InChI is InChI=1S/C8H9NO2S2/c1-13(10,11)7-5-3-2-4-6(7)8(9)12/h2-5H,1H3,(H2,9,12). The van der Waals surface area contributed by atoms with Gasteiger partial charge in [-0.1, -0.05) is 30.4 Å². The predicted octanol–water partition coefficient (Wildman–Crippen LogP) is 0.724. The fraction of sp³-hybridized carbons (Fsp3) is 0.125. The molecule has 0 aliphatic carbocycles. The van der Waals surface area contributed by atoms with E-state index in [2.05, 4.69) is 0 Å². The maximum atomic E-state index is 11.2. The first-order valence-corrected chi connectivity index (χ1v) is 5.82. The van der Waals surface area contributed by atoms with Crippen molar-refractivity contribution in [2.24, 2.45) is 5.73 Å². The summed E-state index contributed by atoms with van der Waals surface area (Å²) in [6.45, 7) is 0. The minimum atomic E-state index is -3.25. The summed E-state index contributed by atoms with van der Waals surface area (Å²) < 4.78 is 22.5. The molecule has 0 saturated heterocycles. The smallest absolute Gasteiger partial charge is 0.176 e. The maximum absolute atomic E-state index is 11.2. The normalized spacial score (nSPS) is 11.2. The Morgan fingerprint density at radius 1 is 1.38 bits per heavy atom. The van der Waals surface area contributed by atoms with Crippen LogP contribution in [-0.2, 0) is 9.84 Å². The van der Waals surface area contributed by atoms with E-state index in [0.717, 1.165) is 6.26 Å². The van der Waals surface area contributed by atoms with E-state index in [9.17, 15) is 8.42 Å². The fourth-order valence-corrected chi connectivity index (χ4v) is 2.14. The first-order valence-electron chi connectivity index (χ1n) is 3.52. The molecular formula is C8H9NO2S2. The second kappa shape index (κ2) is 3.43. The third-order valence-electron chi connectivity index (χ3n) is 1.55. The molecular weight excluding hydrogens is 206 g/mol. The van der Waals surface area contributed by atoms with E-state index in [4.69, 9.17) is 18.0 Å². The van der Waals surface area contributed by atoms with E-state index in [-0.39, 0.29) is 9.88 Å². The van der Waals surface area contributed by atoms with E-state index in [0.29, 0.717) is 5.56 Å². The zero-order chi connectivity index (χ0) is 10.1. The van der Waals surface area contributed by atoms with Crippen LogP contribution in [0, 0.1) is 0 Å². The van der Waals surface area contributed by atoms with Crippen LogP contribution >= 0.6 is 12.2 Å². The predicted molar refractivity (Wildman–Crippen MR) is 55.4 cm³/mol. The summed E-state index contributed by atoms with van der Waals surface area (Å²) in [5.41, 5.74) is 5.78. The summed E-state index contributed by atoms with van der Waals surface area (Å²) in [6, 6.07) is 6.42. The molecule has 70 valence electrons. The average Bonchev–Trinajstić information content (AvgIpc) is 2.03. The monoisotopic (exact) mass is 215 g/mol. The zero-order valence-electron chi connectivity index (χ0n) is 7.02. The highest BCUT2D eigenvalue weighted by Gasteiger charge is 2.13. The first-order chi connectivity index (χ1) is 5.93. The van der Waals surface area contributed by atoms with E-state index < -0.39 is 9.84 Å². The Hall–Kier alpha value is -0.940. The lowest BCUT2D eigenvalue weighted by atomic mass is 10.2. The lowest BCUT2D eigenvalue weighted by molar-refractivity contribution is 0.601. The largest absolute Gasteiger partial charge is 0.389 e. The van der Waals surface area contributed by atoms with E-state index in [1.54, 1.807) is 18.2 Å². The van der Waals surface area contributed by atoms with Crippen LogP contribution in [0.25, 0.3) is 0 Å². The molecule has 0 unspecified atom stereocenters. The van der Waals surface area contributed by atoms with E-state index in [1.165, 1.54) is 6.07 Å². The Balaban J connectivity index is 3.46. The van der Waals surface area contributed by atoms with Crippen molar-refractivity contribution in [1.29, 1.82) is 0 Å². The van der Waals surface area contributed by atoms with E-state index in [1.807, 2.05) is 0 Å². The summed E-state index contributed by atoms with van der Waals surface area (Å²) in [5.74, 6) is 0. The second-order valence-corrected chi connectivity index (χ2v) is 5.06. The van der Waals surface area contributed by atoms with Crippen LogP contribution < -0.4 is 5.73 Å². The molecule has 1 aromatic carbocycles. The molecule has 13 heavy (non-hydrogen) atoms. The average molecular weight is 215 g/mol. The molecule has 0 fully saturated rings. The van der Waals surface area contributed by atoms with Crippen LogP contribution in [-0.4, -0.2) is 19.7 Å². The van der Waals surface area contributed by atoms with Crippen LogP contribution in [0.4, 0.5) is 0 Å². The number of sulfone groups is 1. The SMILES string of the molecule is CS(=O)(=O)c1ccccc1C(N)=S. The Morgan fingerprint density at radius 3 is 2.31 bits per heavy atom. The molecule has 0 radical (unpaired) electrons. The molecule has 0 aliphatic heterocycles. The minimum absolute atomic E-state index is 0.0982. The number of rotatable bonds is 2. The number of benzene rings is 1. The van der Waals surface area contributed by atoms with Gasteiger partial charge in [-0.15, -0.1) is 0 Å². The van der Waals surface area contributed by atoms with Crippen molar-refractivity contribution in [1.82, 2.24) is 0 Å². The van der Waals surface area contributed by atoms with Gasteiger partial charge < -0.3 is 5.73 Å². The van der Waals surface area contributed by atoms with Gasteiger partial charge in [-0.3, -0.25) is 0 Å². The maximum Gasteiger partial charge on any atom is 0.176 e. The quantitative estimate of drug-likeness (QED) is 0.739. The molecule has 0 amide bonds. The van der Waals surface area contributed by atoms with Crippen molar-refractivity contribution in [2.75, 3.05) is 6.26 Å². The zero-order valence-corrected chi connectivity index (χ0v) is 8.65. The van der Waals surface area contributed by atoms with Crippen molar-refractivity contribution in [2.45, 2.75) is 4.90 Å². The van der Waals surface area contributed by atoms with Gasteiger partial charge in [-0.25, -0.2) is 8.42 Å². The highest BCUT2D eigenvalue weighted by atomic mass is 32.2. The molecule has 0 atom stereocenters. The number of thiocarbonyl (C=S) groups is 1. The summed E-state index contributed by atoms with van der Waals surface area (Å²) in [6.07, 6.45) is 1.13. The van der Waals surface area contributed by atoms with Crippen LogP contribution in [0.15, 0.2) is 29.2 Å². The molecule has 1 rings (SSSR count). The number of hydrogen-bond donors (Lipinski definition) is 1. The van der Waals surface area contributed by atoms with Crippen molar-refractivity contribution in [3.63, 3.8) is 0 Å². The Bertz CT molecular complexity index is 437. The minimum Gasteiger partial charge on any atom is -0.389 e. The van der Waals surface area contributed by atoms with Crippen LogP contribution in [0.1, 0.15) is 5.56 Å². The van der Waals surface area contributed by atoms with Gasteiger partial charge in [0.2, 0.25) is 0 Å². The summed E-state index contributed by atoms with van der Waals surface area (Å²) in [5, 5.41) is 0. The topological polar surface area (TPSA) is 60.2 Å². The van der Waals surface area contributed by atoms with Gasteiger partial charge in [-0.05, 0) is 6.07 Å². The van der Waals surface area contributed by atoms with Gasteiger partial charge in [0, 0.05) is 11.8 Å². The van der Waals surface area contributed by atoms with Gasteiger partial charge >= 0.3 is 0 Å². The van der Waals surface area contributed by atoms with Crippen molar-refractivity contribution >= 4 is 27.0 Å². The highest BCUT2D eigenvalue weighted by Crippen LogP contribution is 2.14. The summed E-state index contributed by atoms with van der Waals surface area (Å²) >= 11 is 4.73. The number of nitrogens with two attached hydrogens (primary N) is 1. The molecule has 2 N–H and O–H groups in total. The van der Waals surface area contributed by atoms with Crippen molar-refractivity contribution in [3.8, 4) is 0 Å². The molecule has 0 heterocycles. The first kappa shape index (κ1) is 10.1. The molecule has 3 nitrogen and oxygen atoms in total. The Labute approximate surface area is 82.5 Å². The molecule has 0 aliphatic rings. The van der Waals surface area contributed by atoms with Gasteiger partial charge in [0.15, 0.2) is 9.84 Å². The number of hydrogen-bond acceptors (Lipinski definition) is 3. The van der Waals surface area contributed by atoms with Crippen LogP contribution in [0.2, 0.25) is 0 Å². The molecule has 0 spiro atoms. The van der Waals surface area contributed by atoms with Crippen LogP contribution in [0.5, 0.6) is 0 Å². The second-order valence-electron chi connectivity index (χ2n) is 2.63. The highest BCUT2D eigenvalue weighted by molar-refractivity contribution is 7.91. The van der Waals surface area contributed by atoms with Crippen LogP contribution in [0.3, 0.4) is 0 Å². The van der Waals surface area contributed by atoms with Crippen molar-refractivity contribution < 1.29 is 8.42 Å². The van der Waals surface area contributed by atoms with Gasteiger partial charge in [0.1, 0.15) is 4.99 Å². The van der Waals surface area contributed by atoms with Gasteiger partial charge in [-0.2, -0.15) is 0 Å². The molecule has 0 saturated carbocycles. The molecule has 0 aromatic heterocycles. The molecule has 0 bridgehead atoms. The third-order valence-corrected chi connectivity index (χ3v) is 2.93. The van der Waals surface area contributed by atoms with Gasteiger partial charge in [0.05, 0.1) is 4.90 Å². The lowest BCUT2D eigenvalue weighted by Crippen LogP contribution is -2.14. The summed E-state index contributed by atoms with van der Waals surface area (Å²) in [4.78, 5) is 0.281. The third kappa shape index (κ3) is 2.26. The fourth-order valence-electron chi connectivity index (χ4n) is 0.994. The van der Waals surface area contributed by atoms with Gasteiger partial charge in [0.25, 0.3) is 0 Å². The Kier molecular flexibility index (Phi) is 2.68. The molecule has 1 aromatic rings. The summed E-state index contributed by atoms with van der Waals surface area (Å²) in [7, 11) is -3.25. The van der Waals surface area contributed by atoms with E-state index >= 15 is 0 Å². The molecule has 5 heteroatoms. The Morgan fingerprint density at radius 2 is 1.92 bits per heavy atom.